The monoisotopic (exact) mass is 338 g/mol. The summed E-state index contributed by atoms with van der Waals surface area (Å²) in [7, 11) is 1.79. The normalized spacial score (nSPS) is 29.2. The molecule has 1 spiro atoms. The Balaban J connectivity index is 1.55. The second-order valence-electron chi connectivity index (χ2n) is 8.71. The first-order valence-electron chi connectivity index (χ1n) is 9.61. The minimum Gasteiger partial charge on any atom is -0.389 e. The Morgan fingerprint density at radius 1 is 1.25 bits per heavy atom. The van der Waals surface area contributed by atoms with Crippen LogP contribution in [0.1, 0.15) is 58.8 Å². The van der Waals surface area contributed by atoms with Crippen LogP contribution in [0.2, 0.25) is 0 Å². The van der Waals surface area contributed by atoms with Gasteiger partial charge in [-0.05, 0) is 57.8 Å². The summed E-state index contributed by atoms with van der Waals surface area (Å²) in [5.74, 6) is 0.152. The number of carbonyl (C=O) groups excluding carboxylic acids is 1. The topological polar surface area (TPSA) is 53.0 Å². The van der Waals surface area contributed by atoms with Crippen molar-refractivity contribution in [2.24, 2.45) is 5.41 Å². The fourth-order valence-electron chi connectivity index (χ4n) is 4.90. The predicted molar refractivity (Wildman–Crippen MR) is 93.8 cm³/mol. The van der Waals surface area contributed by atoms with Crippen LogP contribution >= 0.6 is 0 Å². The van der Waals surface area contributed by atoms with Crippen LogP contribution in [0.4, 0.5) is 0 Å². The first-order valence-corrected chi connectivity index (χ1v) is 9.61. The maximum atomic E-state index is 12.5. The van der Waals surface area contributed by atoms with E-state index in [-0.39, 0.29) is 5.91 Å². The number of nitrogens with zero attached hydrogens (tertiary/aromatic N) is 2. The summed E-state index contributed by atoms with van der Waals surface area (Å²) >= 11 is 0. The van der Waals surface area contributed by atoms with Crippen molar-refractivity contribution in [1.29, 1.82) is 0 Å². The zero-order chi connectivity index (χ0) is 17.4. The lowest BCUT2D eigenvalue weighted by atomic mass is 9.75. The summed E-state index contributed by atoms with van der Waals surface area (Å²) in [6, 6.07) is 1.05. The van der Waals surface area contributed by atoms with E-state index in [1.54, 1.807) is 7.11 Å². The zero-order valence-electron chi connectivity index (χ0n) is 15.6. The molecule has 5 heteroatoms. The predicted octanol–water partition coefficient (Wildman–Crippen LogP) is 2.03. The maximum Gasteiger partial charge on any atom is 0.225 e. The SMILES string of the molecule is COCC1CC2(CCN(C(=O)CC3(O)CCC3)CC2)CN1C(C)C. The fourth-order valence-corrected chi connectivity index (χ4v) is 4.90. The lowest BCUT2D eigenvalue weighted by Crippen LogP contribution is -2.48. The number of hydrogen-bond acceptors (Lipinski definition) is 4. The standard InChI is InChI=1S/C19H34N2O3/c1-15(2)21-14-18(11-16(21)13-24-3)7-9-20(10-8-18)17(22)12-19(23)5-4-6-19/h15-16,23H,4-14H2,1-3H3. The molecule has 0 aromatic rings. The number of aliphatic hydroxyl groups is 1. The van der Waals surface area contributed by atoms with Crippen molar-refractivity contribution >= 4 is 5.91 Å². The number of piperidine rings is 1. The second-order valence-corrected chi connectivity index (χ2v) is 8.71. The van der Waals surface area contributed by atoms with Crippen LogP contribution in [0.3, 0.4) is 0 Å². The van der Waals surface area contributed by atoms with Crippen molar-refractivity contribution in [3.8, 4) is 0 Å². The highest BCUT2D eigenvalue weighted by molar-refractivity contribution is 5.77. The summed E-state index contributed by atoms with van der Waals surface area (Å²) < 4.78 is 5.44. The largest absolute Gasteiger partial charge is 0.389 e. The van der Waals surface area contributed by atoms with E-state index >= 15 is 0 Å². The van der Waals surface area contributed by atoms with Crippen molar-refractivity contribution in [2.45, 2.75) is 76.5 Å². The summed E-state index contributed by atoms with van der Waals surface area (Å²) in [6.07, 6.45) is 6.31. The maximum absolute atomic E-state index is 12.5. The van der Waals surface area contributed by atoms with Gasteiger partial charge in [-0.15, -0.1) is 0 Å². The highest BCUT2D eigenvalue weighted by Gasteiger charge is 2.47. The van der Waals surface area contributed by atoms with Crippen molar-refractivity contribution in [1.82, 2.24) is 9.80 Å². The summed E-state index contributed by atoms with van der Waals surface area (Å²) in [4.78, 5) is 17.1. The molecule has 24 heavy (non-hydrogen) atoms. The molecule has 0 radical (unpaired) electrons. The molecule has 3 fully saturated rings. The van der Waals surface area contributed by atoms with Gasteiger partial charge in [0.1, 0.15) is 0 Å². The van der Waals surface area contributed by atoms with E-state index in [0.29, 0.717) is 23.9 Å². The molecule has 1 amide bonds. The van der Waals surface area contributed by atoms with E-state index in [2.05, 4.69) is 18.7 Å². The Labute approximate surface area is 146 Å². The molecule has 138 valence electrons. The Hall–Kier alpha value is -0.650. The minimum atomic E-state index is -0.697. The first kappa shape index (κ1) is 18.2. The number of hydrogen-bond donors (Lipinski definition) is 1. The van der Waals surface area contributed by atoms with Crippen LogP contribution in [-0.4, -0.2) is 71.8 Å². The highest BCUT2D eigenvalue weighted by Crippen LogP contribution is 2.44. The van der Waals surface area contributed by atoms with Crippen molar-refractivity contribution in [3.05, 3.63) is 0 Å². The molecule has 2 saturated heterocycles. The van der Waals surface area contributed by atoms with Gasteiger partial charge >= 0.3 is 0 Å². The van der Waals surface area contributed by atoms with Gasteiger partial charge in [0.2, 0.25) is 5.91 Å². The van der Waals surface area contributed by atoms with Gasteiger partial charge < -0.3 is 14.7 Å². The number of methoxy groups -OCH3 is 1. The average molecular weight is 338 g/mol. The Bertz CT molecular complexity index is 454. The van der Waals surface area contributed by atoms with Gasteiger partial charge in [-0.2, -0.15) is 0 Å². The van der Waals surface area contributed by atoms with Crippen LogP contribution in [0.15, 0.2) is 0 Å². The van der Waals surface area contributed by atoms with Gasteiger partial charge in [0.25, 0.3) is 0 Å². The van der Waals surface area contributed by atoms with Crippen LogP contribution in [-0.2, 0) is 9.53 Å². The third-order valence-electron chi connectivity index (χ3n) is 6.62. The van der Waals surface area contributed by atoms with Crippen LogP contribution in [0.5, 0.6) is 0 Å². The summed E-state index contributed by atoms with van der Waals surface area (Å²) in [5, 5.41) is 10.2. The van der Waals surface area contributed by atoms with Gasteiger partial charge in [0.15, 0.2) is 0 Å². The number of rotatable bonds is 5. The zero-order valence-corrected chi connectivity index (χ0v) is 15.6. The number of ether oxygens (including phenoxy) is 1. The highest BCUT2D eigenvalue weighted by atomic mass is 16.5. The van der Waals surface area contributed by atoms with Crippen molar-refractivity contribution < 1.29 is 14.6 Å². The third kappa shape index (κ3) is 3.63. The minimum absolute atomic E-state index is 0.152. The Morgan fingerprint density at radius 2 is 1.92 bits per heavy atom. The Kier molecular flexibility index (Phi) is 5.24. The quantitative estimate of drug-likeness (QED) is 0.833. The molecule has 2 heterocycles. The number of carbonyl (C=O) groups is 1. The molecule has 3 rings (SSSR count). The van der Waals surface area contributed by atoms with Gasteiger partial charge in [0.05, 0.1) is 18.6 Å². The van der Waals surface area contributed by atoms with E-state index < -0.39 is 5.60 Å². The average Bonchev–Trinajstić information content (AvgIpc) is 2.85. The van der Waals surface area contributed by atoms with E-state index in [1.807, 2.05) is 4.90 Å². The second kappa shape index (κ2) is 6.93. The lowest BCUT2D eigenvalue weighted by Gasteiger charge is -2.42. The fraction of sp³-hybridized carbons (Fsp3) is 0.947. The smallest absolute Gasteiger partial charge is 0.225 e. The van der Waals surface area contributed by atoms with E-state index in [1.165, 1.54) is 6.42 Å². The molecule has 3 aliphatic rings. The van der Waals surface area contributed by atoms with E-state index in [4.69, 9.17) is 4.74 Å². The van der Waals surface area contributed by atoms with Crippen LogP contribution in [0, 0.1) is 5.41 Å². The van der Waals surface area contributed by atoms with Gasteiger partial charge in [-0.3, -0.25) is 9.69 Å². The van der Waals surface area contributed by atoms with Gasteiger partial charge in [0, 0.05) is 38.8 Å². The molecular weight excluding hydrogens is 304 g/mol. The molecule has 1 atom stereocenters. The van der Waals surface area contributed by atoms with Crippen molar-refractivity contribution in [3.63, 3.8) is 0 Å². The summed E-state index contributed by atoms with van der Waals surface area (Å²) in [6.45, 7) is 8.15. The molecular formula is C19H34N2O3. The molecule has 0 aromatic heterocycles. The summed E-state index contributed by atoms with van der Waals surface area (Å²) in [5.41, 5.74) is -0.352. The third-order valence-corrected chi connectivity index (χ3v) is 6.62. The van der Waals surface area contributed by atoms with Crippen molar-refractivity contribution in [2.75, 3.05) is 33.4 Å². The first-order chi connectivity index (χ1) is 11.4. The Morgan fingerprint density at radius 3 is 2.42 bits per heavy atom. The molecule has 1 N–H and O–H groups in total. The van der Waals surface area contributed by atoms with Gasteiger partial charge in [-0.1, -0.05) is 0 Å². The molecule has 0 bridgehead atoms. The molecule has 5 nitrogen and oxygen atoms in total. The molecule has 1 unspecified atom stereocenters. The van der Waals surface area contributed by atoms with Gasteiger partial charge in [-0.25, -0.2) is 0 Å². The van der Waals surface area contributed by atoms with E-state index in [9.17, 15) is 9.90 Å². The van der Waals surface area contributed by atoms with E-state index in [0.717, 1.165) is 58.3 Å². The molecule has 0 aromatic carbocycles. The lowest BCUT2D eigenvalue weighted by molar-refractivity contribution is -0.142. The van der Waals surface area contributed by atoms with Crippen LogP contribution < -0.4 is 0 Å². The van der Waals surface area contributed by atoms with Crippen LogP contribution in [0.25, 0.3) is 0 Å². The number of likely N-dealkylation sites (tertiary alicyclic amines) is 2. The molecule has 1 aliphatic carbocycles. The molecule has 2 aliphatic heterocycles. The molecule has 1 saturated carbocycles. The number of amides is 1.